The van der Waals surface area contributed by atoms with Crippen LogP contribution in [0.1, 0.15) is 5.56 Å². The predicted octanol–water partition coefficient (Wildman–Crippen LogP) is 1.75. The SMILES string of the molecule is C=N/C=N\c1ncccc1C. The highest BCUT2D eigenvalue weighted by molar-refractivity contribution is 5.65. The van der Waals surface area contributed by atoms with E-state index in [1.165, 1.54) is 6.34 Å². The van der Waals surface area contributed by atoms with E-state index in [1.54, 1.807) is 6.20 Å². The van der Waals surface area contributed by atoms with Crippen LogP contribution in [-0.4, -0.2) is 18.0 Å². The standard InChI is InChI=1S/C8H9N3/c1-7-4-3-5-10-8(7)11-6-9-2/h3-6H,2H2,1H3/b11-6-. The lowest BCUT2D eigenvalue weighted by atomic mass is 10.3. The Labute approximate surface area is 65.5 Å². The van der Waals surface area contributed by atoms with Crippen LogP contribution in [0.3, 0.4) is 0 Å². The second kappa shape index (κ2) is 3.61. The van der Waals surface area contributed by atoms with Gasteiger partial charge >= 0.3 is 0 Å². The Kier molecular flexibility index (Phi) is 2.49. The van der Waals surface area contributed by atoms with Crippen LogP contribution in [-0.2, 0) is 0 Å². The molecule has 0 aliphatic carbocycles. The summed E-state index contributed by atoms with van der Waals surface area (Å²) in [6.07, 6.45) is 3.08. The quantitative estimate of drug-likeness (QED) is 0.464. The zero-order valence-corrected chi connectivity index (χ0v) is 6.36. The summed E-state index contributed by atoms with van der Waals surface area (Å²) in [5.74, 6) is 0.694. The molecule has 0 aliphatic heterocycles. The molecule has 0 aliphatic rings. The second-order valence-corrected chi connectivity index (χ2v) is 2.07. The van der Waals surface area contributed by atoms with E-state index in [0.29, 0.717) is 5.82 Å². The highest BCUT2D eigenvalue weighted by Crippen LogP contribution is 2.11. The molecule has 0 saturated heterocycles. The van der Waals surface area contributed by atoms with Crippen LogP contribution in [0, 0.1) is 6.92 Å². The Morgan fingerprint density at radius 1 is 1.64 bits per heavy atom. The van der Waals surface area contributed by atoms with E-state index >= 15 is 0 Å². The van der Waals surface area contributed by atoms with Crippen molar-refractivity contribution in [3.63, 3.8) is 0 Å². The number of aromatic nitrogens is 1. The van der Waals surface area contributed by atoms with Crippen LogP contribution in [0.4, 0.5) is 5.82 Å². The molecule has 0 bridgehead atoms. The maximum absolute atomic E-state index is 4.03. The lowest BCUT2D eigenvalue weighted by Crippen LogP contribution is -1.78. The Balaban J connectivity index is 2.94. The summed E-state index contributed by atoms with van der Waals surface area (Å²) in [6, 6.07) is 3.82. The van der Waals surface area contributed by atoms with Crippen molar-refractivity contribution in [1.29, 1.82) is 0 Å². The van der Waals surface area contributed by atoms with Gasteiger partial charge in [0.2, 0.25) is 0 Å². The van der Waals surface area contributed by atoms with Gasteiger partial charge in [0.1, 0.15) is 6.34 Å². The van der Waals surface area contributed by atoms with Crippen LogP contribution in [0.25, 0.3) is 0 Å². The molecule has 0 saturated carbocycles. The van der Waals surface area contributed by atoms with Gasteiger partial charge in [-0.3, -0.25) is 4.99 Å². The first-order chi connectivity index (χ1) is 5.34. The number of nitrogens with zero attached hydrogens (tertiary/aromatic N) is 3. The fraction of sp³-hybridized carbons (Fsp3) is 0.125. The molecule has 0 aromatic carbocycles. The first-order valence-electron chi connectivity index (χ1n) is 3.24. The van der Waals surface area contributed by atoms with Crippen LogP contribution in [0.15, 0.2) is 28.3 Å². The van der Waals surface area contributed by atoms with Gasteiger partial charge < -0.3 is 0 Å². The fourth-order valence-electron chi connectivity index (χ4n) is 0.708. The zero-order chi connectivity index (χ0) is 8.10. The van der Waals surface area contributed by atoms with E-state index < -0.39 is 0 Å². The molecule has 0 unspecified atom stereocenters. The minimum Gasteiger partial charge on any atom is -0.253 e. The Hall–Kier alpha value is -1.51. The van der Waals surface area contributed by atoms with Crippen molar-refractivity contribution in [2.75, 3.05) is 0 Å². The molecule has 3 heteroatoms. The van der Waals surface area contributed by atoms with Crippen LogP contribution in [0.5, 0.6) is 0 Å². The minimum absolute atomic E-state index is 0.694. The van der Waals surface area contributed by atoms with Crippen LogP contribution < -0.4 is 0 Å². The van der Waals surface area contributed by atoms with E-state index in [4.69, 9.17) is 0 Å². The highest BCUT2D eigenvalue weighted by Gasteiger charge is 1.91. The van der Waals surface area contributed by atoms with Gasteiger partial charge in [0.25, 0.3) is 0 Å². The van der Waals surface area contributed by atoms with Gasteiger partial charge in [-0.2, -0.15) is 0 Å². The van der Waals surface area contributed by atoms with Crippen molar-refractivity contribution in [1.82, 2.24) is 4.98 Å². The molecule has 56 valence electrons. The van der Waals surface area contributed by atoms with Gasteiger partial charge in [0.05, 0.1) is 0 Å². The lowest BCUT2D eigenvalue weighted by Gasteiger charge is -1.94. The molecule has 0 spiro atoms. The number of aliphatic imine (C=N–C) groups is 2. The van der Waals surface area contributed by atoms with Gasteiger partial charge in [-0.15, -0.1) is 0 Å². The topological polar surface area (TPSA) is 37.6 Å². The van der Waals surface area contributed by atoms with Crippen molar-refractivity contribution in [2.45, 2.75) is 6.92 Å². The highest BCUT2D eigenvalue weighted by atomic mass is 14.9. The molecule has 1 aromatic heterocycles. The van der Waals surface area contributed by atoms with Gasteiger partial charge in [-0.1, -0.05) is 6.07 Å². The molecule has 11 heavy (non-hydrogen) atoms. The summed E-state index contributed by atoms with van der Waals surface area (Å²) < 4.78 is 0. The van der Waals surface area contributed by atoms with E-state index in [1.807, 2.05) is 19.1 Å². The Morgan fingerprint density at radius 2 is 2.45 bits per heavy atom. The van der Waals surface area contributed by atoms with Crippen molar-refractivity contribution >= 4 is 18.9 Å². The molecule has 0 amide bonds. The summed E-state index contributed by atoms with van der Waals surface area (Å²) in [6.45, 7) is 5.23. The molecular formula is C8H9N3. The first kappa shape index (κ1) is 7.60. The molecule has 1 heterocycles. The summed E-state index contributed by atoms with van der Waals surface area (Å²) in [5.41, 5.74) is 1.03. The average Bonchev–Trinajstić information content (AvgIpc) is 2.03. The number of hydrogen-bond donors (Lipinski definition) is 0. The third-order valence-corrected chi connectivity index (χ3v) is 1.24. The third kappa shape index (κ3) is 1.97. The molecular weight excluding hydrogens is 138 g/mol. The van der Waals surface area contributed by atoms with Crippen LogP contribution in [0.2, 0.25) is 0 Å². The Morgan fingerprint density at radius 3 is 3.09 bits per heavy atom. The minimum atomic E-state index is 0.694. The van der Waals surface area contributed by atoms with Gasteiger partial charge in [0.15, 0.2) is 5.82 Å². The lowest BCUT2D eigenvalue weighted by molar-refractivity contribution is 1.23. The van der Waals surface area contributed by atoms with Gasteiger partial charge in [-0.05, 0) is 25.3 Å². The van der Waals surface area contributed by atoms with E-state index in [9.17, 15) is 0 Å². The third-order valence-electron chi connectivity index (χ3n) is 1.24. The number of pyridine rings is 1. The molecule has 1 rings (SSSR count). The summed E-state index contributed by atoms with van der Waals surface area (Å²) in [7, 11) is 0. The zero-order valence-electron chi connectivity index (χ0n) is 6.36. The average molecular weight is 147 g/mol. The number of rotatable bonds is 2. The molecule has 0 atom stereocenters. The van der Waals surface area contributed by atoms with Gasteiger partial charge in [0, 0.05) is 6.20 Å². The van der Waals surface area contributed by atoms with Crippen molar-refractivity contribution < 1.29 is 0 Å². The summed E-state index contributed by atoms with van der Waals surface area (Å²) >= 11 is 0. The molecule has 0 radical (unpaired) electrons. The maximum Gasteiger partial charge on any atom is 0.156 e. The first-order valence-corrected chi connectivity index (χ1v) is 3.24. The molecule has 1 aromatic rings. The second-order valence-electron chi connectivity index (χ2n) is 2.07. The molecule has 0 N–H and O–H groups in total. The molecule has 3 nitrogen and oxygen atoms in total. The summed E-state index contributed by atoms with van der Waals surface area (Å²) in [4.78, 5) is 11.5. The molecule has 0 fully saturated rings. The fourth-order valence-corrected chi connectivity index (χ4v) is 0.708. The van der Waals surface area contributed by atoms with Gasteiger partial charge in [-0.25, -0.2) is 9.98 Å². The van der Waals surface area contributed by atoms with Crippen molar-refractivity contribution in [2.24, 2.45) is 9.98 Å². The van der Waals surface area contributed by atoms with E-state index in [0.717, 1.165) is 5.56 Å². The summed E-state index contributed by atoms with van der Waals surface area (Å²) in [5, 5.41) is 0. The number of hydrogen-bond acceptors (Lipinski definition) is 2. The van der Waals surface area contributed by atoms with E-state index in [2.05, 4.69) is 21.7 Å². The van der Waals surface area contributed by atoms with Crippen molar-refractivity contribution in [3.8, 4) is 0 Å². The maximum atomic E-state index is 4.03. The Bertz CT molecular complexity index is 278. The normalized spacial score (nSPS) is 10.3. The monoisotopic (exact) mass is 147 g/mol. The number of aryl methyl sites for hydroxylation is 1. The largest absolute Gasteiger partial charge is 0.253 e. The van der Waals surface area contributed by atoms with E-state index in [-0.39, 0.29) is 0 Å². The van der Waals surface area contributed by atoms with Crippen molar-refractivity contribution in [3.05, 3.63) is 23.9 Å². The van der Waals surface area contributed by atoms with Crippen LogP contribution >= 0.6 is 0 Å². The predicted molar refractivity (Wildman–Crippen MR) is 46.7 cm³/mol. The smallest absolute Gasteiger partial charge is 0.156 e.